The van der Waals surface area contributed by atoms with Gasteiger partial charge in [0.15, 0.2) is 6.10 Å². The van der Waals surface area contributed by atoms with Crippen LogP contribution in [0.5, 0.6) is 0 Å². The summed E-state index contributed by atoms with van der Waals surface area (Å²) in [5, 5.41) is 2.87. The SMILES string of the molecule is C[C@H](OC(=O)/C=C/c1ccc(F)c(Cl)c1)C(=O)Nc1ccc(Cl)cn1. The third-order valence-electron chi connectivity index (χ3n) is 3.00. The average molecular weight is 383 g/mol. The molecule has 130 valence electrons. The molecule has 0 aliphatic heterocycles. The summed E-state index contributed by atoms with van der Waals surface area (Å²) >= 11 is 11.4. The number of esters is 1. The van der Waals surface area contributed by atoms with Crippen LogP contribution in [0.3, 0.4) is 0 Å². The molecule has 5 nitrogen and oxygen atoms in total. The van der Waals surface area contributed by atoms with Gasteiger partial charge in [0.05, 0.1) is 10.0 Å². The van der Waals surface area contributed by atoms with Gasteiger partial charge in [-0.25, -0.2) is 14.2 Å². The Kier molecular flexibility index (Phi) is 6.50. The molecule has 1 N–H and O–H groups in total. The lowest BCUT2D eigenvalue weighted by Crippen LogP contribution is -2.29. The number of amides is 1. The Morgan fingerprint density at radius 2 is 2.04 bits per heavy atom. The van der Waals surface area contributed by atoms with Crippen LogP contribution in [-0.4, -0.2) is 23.0 Å². The molecule has 0 aliphatic rings. The number of carbonyl (C=O) groups is 2. The minimum absolute atomic E-state index is 0.0567. The third kappa shape index (κ3) is 5.85. The molecule has 25 heavy (non-hydrogen) atoms. The molecule has 1 aromatic heterocycles. The van der Waals surface area contributed by atoms with Gasteiger partial charge in [0.2, 0.25) is 0 Å². The number of nitrogens with zero attached hydrogens (tertiary/aromatic N) is 1. The van der Waals surface area contributed by atoms with Crippen LogP contribution in [0.25, 0.3) is 6.08 Å². The molecule has 1 aromatic carbocycles. The van der Waals surface area contributed by atoms with Crippen LogP contribution in [0, 0.1) is 5.82 Å². The first-order valence-electron chi connectivity index (χ1n) is 7.11. The van der Waals surface area contributed by atoms with Gasteiger partial charge in [0.1, 0.15) is 11.6 Å². The standard InChI is InChI=1S/C17H13Cl2FN2O3/c1-10(17(24)22-15-6-4-12(18)9-21-15)25-16(23)7-3-11-2-5-14(20)13(19)8-11/h2-10H,1H3,(H,21,22,24)/b7-3+/t10-/m0/s1. The number of carbonyl (C=O) groups excluding carboxylic acids is 2. The smallest absolute Gasteiger partial charge is 0.331 e. The zero-order valence-corrected chi connectivity index (χ0v) is 14.5. The van der Waals surface area contributed by atoms with E-state index in [-0.39, 0.29) is 10.8 Å². The monoisotopic (exact) mass is 382 g/mol. The molecule has 2 aromatic rings. The number of nitrogens with one attached hydrogen (secondary N) is 1. The van der Waals surface area contributed by atoms with E-state index < -0.39 is 23.8 Å². The number of halogens is 3. The van der Waals surface area contributed by atoms with Gasteiger partial charge in [0, 0.05) is 12.3 Å². The Morgan fingerprint density at radius 1 is 1.28 bits per heavy atom. The third-order valence-corrected chi connectivity index (χ3v) is 3.51. The largest absolute Gasteiger partial charge is 0.449 e. The Morgan fingerprint density at radius 3 is 2.68 bits per heavy atom. The molecular formula is C17H13Cl2FN2O3. The summed E-state index contributed by atoms with van der Waals surface area (Å²) in [5.41, 5.74) is 0.519. The fraction of sp³-hybridized carbons (Fsp3) is 0.118. The Balaban J connectivity index is 1.90. The van der Waals surface area contributed by atoms with Crippen molar-refractivity contribution in [3.8, 4) is 0 Å². The highest BCUT2D eigenvalue weighted by molar-refractivity contribution is 6.31. The van der Waals surface area contributed by atoms with E-state index in [1.807, 2.05) is 0 Å². The van der Waals surface area contributed by atoms with E-state index in [9.17, 15) is 14.0 Å². The van der Waals surface area contributed by atoms with Gasteiger partial charge in [0.25, 0.3) is 5.91 Å². The molecule has 0 saturated carbocycles. The summed E-state index contributed by atoms with van der Waals surface area (Å²) < 4.78 is 18.0. The molecule has 0 saturated heterocycles. The van der Waals surface area contributed by atoms with Gasteiger partial charge in [-0.15, -0.1) is 0 Å². The normalized spacial score (nSPS) is 12.0. The number of anilines is 1. The highest BCUT2D eigenvalue weighted by Gasteiger charge is 2.17. The van der Waals surface area contributed by atoms with Crippen LogP contribution >= 0.6 is 23.2 Å². The Labute approximate surface area is 153 Å². The fourth-order valence-electron chi connectivity index (χ4n) is 1.72. The highest BCUT2D eigenvalue weighted by atomic mass is 35.5. The number of hydrogen-bond acceptors (Lipinski definition) is 4. The lowest BCUT2D eigenvalue weighted by molar-refractivity contribution is -0.148. The molecule has 2 rings (SSSR count). The van der Waals surface area contributed by atoms with Gasteiger partial charge in [-0.3, -0.25) is 4.79 Å². The highest BCUT2D eigenvalue weighted by Crippen LogP contribution is 2.17. The molecule has 0 spiro atoms. The van der Waals surface area contributed by atoms with E-state index in [1.54, 1.807) is 6.07 Å². The second kappa shape index (κ2) is 8.60. The van der Waals surface area contributed by atoms with Gasteiger partial charge in [-0.2, -0.15) is 0 Å². The summed E-state index contributed by atoms with van der Waals surface area (Å²) in [6.45, 7) is 1.42. The molecule has 0 aliphatic carbocycles. The van der Waals surface area contributed by atoms with Crippen molar-refractivity contribution in [3.63, 3.8) is 0 Å². The first kappa shape index (κ1) is 18.9. The lowest BCUT2D eigenvalue weighted by atomic mass is 10.2. The summed E-state index contributed by atoms with van der Waals surface area (Å²) in [6.07, 6.45) is 2.86. The van der Waals surface area contributed by atoms with E-state index in [4.69, 9.17) is 27.9 Å². The molecule has 0 unspecified atom stereocenters. The Hall–Kier alpha value is -2.44. The predicted octanol–water partition coefficient (Wildman–Crippen LogP) is 4.11. The minimum atomic E-state index is -1.04. The van der Waals surface area contributed by atoms with E-state index in [1.165, 1.54) is 43.5 Å². The molecule has 1 amide bonds. The van der Waals surface area contributed by atoms with Crippen molar-refractivity contribution in [2.24, 2.45) is 0 Å². The molecule has 1 heterocycles. The molecule has 0 bridgehead atoms. The molecule has 1 atom stereocenters. The second-order valence-corrected chi connectivity index (χ2v) is 5.78. The average Bonchev–Trinajstić information content (AvgIpc) is 2.58. The van der Waals surface area contributed by atoms with Crippen LogP contribution < -0.4 is 5.32 Å². The van der Waals surface area contributed by atoms with Gasteiger partial charge in [-0.1, -0.05) is 29.3 Å². The molecule has 0 radical (unpaired) electrons. The van der Waals surface area contributed by atoms with E-state index >= 15 is 0 Å². The summed E-state index contributed by atoms with van der Waals surface area (Å²) in [5.74, 6) is -1.54. The zero-order valence-electron chi connectivity index (χ0n) is 13.0. The van der Waals surface area contributed by atoms with E-state index in [0.29, 0.717) is 10.6 Å². The number of ether oxygens (including phenoxy) is 1. The van der Waals surface area contributed by atoms with Crippen LogP contribution in [0.4, 0.5) is 10.2 Å². The van der Waals surface area contributed by atoms with Crippen molar-refractivity contribution in [1.29, 1.82) is 0 Å². The molecular weight excluding hydrogens is 370 g/mol. The second-order valence-electron chi connectivity index (χ2n) is 4.94. The van der Waals surface area contributed by atoms with Crippen LogP contribution in [0.2, 0.25) is 10.0 Å². The number of pyridine rings is 1. The van der Waals surface area contributed by atoms with Crippen molar-refractivity contribution in [3.05, 3.63) is 64.0 Å². The van der Waals surface area contributed by atoms with Crippen molar-refractivity contribution in [1.82, 2.24) is 4.98 Å². The maximum absolute atomic E-state index is 13.1. The first-order valence-corrected chi connectivity index (χ1v) is 7.87. The zero-order chi connectivity index (χ0) is 18.4. The van der Waals surface area contributed by atoms with Crippen molar-refractivity contribution >= 4 is 47.0 Å². The molecule has 8 heteroatoms. The minimum Gasteiger partial charge on any atom is -0.449 e. The number of rotatable bonds is 5. The number of benzene rings is 1. The van der Waals surface area contributed by atoms with Crippen LogP contribution in [0.15, 0.2) is 42.6 Å². The maximum atomic E-state index is 13.1. The van der Waals surface area contributed by atoms with Crippen LogP contribution in [0.1, 0.15) is 12.5 Å². The summed E-state index contributed by atoms with van der Waals surface area (Å²) in [4.78, 5) is 27.6. The maximum Gasteiger partial charge on any atom is 0.331 e. The van der Waals surface area contributed by atoms with Gasteiger partial charge >= 0.3 is 5.97 Å². The van der Waals surface area contributed by atoms with Gasteiger partial charge < -0.3 is 10.1 Å². The summed E-state index contributed by atoms with van der Waals surface area (Å²) in [6, 6.07) is 7.09. The van der Waals surface area contributed by atoms with Crippen molar-refractivity contribution < 1.29 is 18.7 Å². The van der Waals surface area contributed by atoms with Crippen LogP contribution in [-0.2, 0) is 14.3 Å². The van der Waals surface area contributed by atoms with E-state index in [0.717, 1.165) is 6.08 Å². The molecule has 0 fully saturated rings. The topological polar surface area (TPSA) is 68.3 Å². The van der Waals surface area contributed by atoms with E-state index in [2.05, 4.69) is 10.3 Å². The van der Waals surface area contributed by atoms with Gasteiger partial charge in [-0.05, 0) is 42.8 Å². The number of aromatic nitrogens is 1. The number of hydrogen-bond donors (Lipinski definition) is 1. The van der Waals surface area contributed by atoms with Crippen molar-refractivity contribution in [2.45, 2.75) is 13.0 Å². The quantitative estimate of drug-likeness (QED) is 0.623. The Bertz CT molecular complexity index is 810. The first-order chi connectivity index (χ1) is 11.8. The van der Waals surface area contributed by atoms with Crippen molar-refractivity contribution in [2.75, 3.05) is 5.32 Å². The predicted molar refractivity (Wildman–Crippen MR) is 93.9 cm³/mol. The summed E-state index contributed by atoms with van der Waals surface area (Å²) in [7, 11) is 0. The fourth-order valence-corrected chi connectivity index (χ4v) is 2.03. The lowest BCUT2D eigenvalue weighted by Gasteiger charge is -2.11.